The van der Waals surface area contributed by atoms with Gasteiger partial charge in [0, 0.05) is 11.0 Å². The zero-order valence-electron chi connectivity index (χ0n) is 7.15. The van der Waals surface area contributed by atoms with E-state index in [1.807, 2.05) is 0 Å². The quantitative estimate of drug-likeness (QED) is 0.578. The van der Waals surface area contributed by atoms with E-state index in [2.05, 4.69) is 40.1 Å². The van der Waals surface area contributed by atoms with Crippen LogP contribution in [0, 0.1) is 0 Å². The normalized spacial score (nSPS) is 15.6. The Kier molecular flexibility index (Phi) is 5.85. The van der Waals surface area contributed by atoms with Crippen LogP contribution in [-0.4, -0.2) is 30.0 Å². The molecule has 3 nitrogen and oxygen atoms in total. The molecule has 0 aromatic heterocycles. The van der Waals surface area contributed by atoms with Gasteiger partial charge in [0.2, 0.25) is 5.91 Å². The van der Waals surface area contributed by atoms with Crippen molar-refractivity contribution in [2.24, 2.45) is 0 Å². The van der Waals surface area contributed by atoms with E-state index in [0.29, 0.717) is 3.92 Å². The number of amides is 1. The lowest BCUT2D eigenvalue weighted by Crippen LogP contribution is -2.42. The van der Waals surface area contributed by atoms with Gasteiger partial charge in [-0.25, -0.2) is 0 Å². The number of alkyl halides is 1. The van der Waals surface area contributed by atoms with E-state index < -0.39 is 0 Å². The summed E-state index contributed by atoms with van der Waals surface area (Å²) in [4.78, 5) is 11.1. The molecule has 11 heavy (non-hydrogen) atoms. The number of rotatable bonds is 4. The molecule has 66 valence electrons. The molecule has 0 aliphatic heterocycles. The van der Waals surface area contributed by atoms with Gasteiger partial charge < -0.3 is 10.6 Å². The highest BCUT2D eigenvalue weighted by Crippen LogP contribution is 2.07. The lowest BCUT2D eigenvalue weighted by Gasteiger charge is -2.15. The minimum atomic E-state index is -0.0492. The number of hydrogen-bond donors (Lipinski definition) is 2. The lowest BCUT2D eigenvalue weighted by atomic mass is 10.1. The molecule has 0 aromatic carbocycles. The summed E-state index contributed by atoms with van der Waals surface area (Å²) in [6.45, 7) is 2.09. The summed E-state index contributed by atoms with van der Waals surface area (Å²) < 4.78 is 0.516. The summed E-state index contributed by atoms with van der Waals surface area (Å²) in [5.41, 5.74) is 0. The molecule has 1 amide bonds. The minimum Gasteiger partial charge on any atom is -0.358 e. The van der Waals surface area contributed by atoms with Crippen LogP contribution in [0.15, 0.2) is 0 Å². The first-order chi connectivity index (χ1) is 5.11. The maximum Gasteiger partial charge on any atom is 0.236 e. The van der Waals surface area contributed by atoms with Crippen molar-refractivity contribution in [1.82, 2.24) is 10.6 Å². The zero-order chi connectivity index (χ0) is 8.85. The Hall–Kier alpha value is 0.160. The van der Waals surface area contributed by atoms with Gasteiger partial charge in [-0.3, -0.25) is 4.79 Å². The molecular weight excluding hydrogens is 255 g/mol. The molecule has 2 N–H and O–H groups in total. The van der Waals surface area contributed by atoms with E-state index in [1.54, 1.807) is 14.1 Å². The van der Waals surface area contributed by atoms with E-state index in [1.165, 1.54) is 0 Å². The Morgan fingerprint density at radius 1 is 1.55 bits per heavy atom. The highest BCUT2D eigenvalue weighted by atomic mass is 127. The van der Waals surface area contributed by atoms with Crippen molar-refractivity contribution in [1.29, 1.82) is 0 Å². The van der Waals surface area contributed by atoms with Crippen molar-refractivity contribution >= 4 is 28.5 Å². The molecule has 0 fully saturated rings. The minimum absolute atomic E-state index is 0.0492. The molecule has 0 spiro atoms. The van der Waals surface area contributed by atoms with Crippen molar-refractivity contribution in [2.75, 3.05) is 14.1 Å². The van der Waals surface area contributed by atoms with Crippen LogP contribution in [0.1, 0.15) is 13.3 Å². The molecule has 0 rings (SSSR count). The first-order valence-electron chi connectivity index (χ1n) is 3.64. The van der Waals surface area contributed by atoms with Gasteiger partial charge in [0.05, 0.1) is 6.04 Å². The van der Waals surface area contributed by atoms with Crippen LogP contribution in [0.5, 0.6) is 0 Å². The highest BCUT2D eigenvalue weighted by molar-refractivity contribution is 14.1. The van der Waals surface area contributed by atoms with Crippen LogP contribution in [0.25, 0.3) is 0 Å². The Morgan fingerprint density at radius 2 is 2.09 bits per heavy atom. The van der Waals surface area contributed by atoms with Crippen molar-refractivity contribution in [3.63, 3.8) is 0 Å². The molecular formula is C7H15IN2O. The smallest absolute Gasteiger partial charge is 0.236 e. The van der Waals surface area contributed by atoms with Crippen LogP contribution in [-0.2, 0) is 4.79 Å². The first-order valence-corrected chi connectivity index (χ1v) is 4.89. The summed E-state index contributed by atoms with van der Waals surface area (Å²) in [7, 11) is 3.46. The third-order valence-electron chi connectivity index (χ3n) is 1.47. The molecule has 0 aliphatic carbocycles. The molecule has 0 unspecified atom stereocenters. The summed E-state index contributed by atoms with van der Waals surface area (Å²) in [5, 5.41) is 5.58. The number of halogens is 1. The maximum atomic E-state index is 11.1. The molecule has 0 saturated heterocycles. The highest BCUT2D eigenvalue weighted by Gasteiger charge is 2.15. The fourth-order valence-corrected chi connectivity index (χ4v) is 1.36. The van der Waals surface area contributed by atoms with Gasteiger partial charge in [0.1, 0.15) is 0 Å². The number of carbonyl (C=O) groups excluding carboxylic acids is 1. The predicted octanol–water partition coefficient (Wildman–Crippen LogP) is 0.534. The van der Waals surface area contributed by atoms with Crippen LogP contribution in [0.4, 0.5) is 0 Å². The Balaban J connectivity index is 3.84. The van der Waals surface area contributed by atoms with E-state index in [4.69, 9.17) is 0 Å². The Labute approximate surface area is 81.5 Å². The fraction of sp³-hybridized carbons (Fsp3) is 0.857. The summed E-state index contributed by atoms with van der Waals surface area (Å²) >= 11 is 2.31. The second kappa shape index (κ2) is 5.77. The Bertz CT molecular complexity index is 128. The average Bonchev–Trinajstić information content (AvgIpc) is 1.98. The second-order valence-corrected chi connectivity index (χ2v) is 4.60. The van der Waals surface area contributed by atoms with Gasteiger partial charge in [0.25, 0.3) is 0 Å². The molecule has 4 heteroatoms. The van der Waals surface area contributed by atoms with E-state index in [9.17, 15) is 4.79 Å². The molecule has 0 bridgehead atoms. The zero-order valence-corrected chi connectivity index (χ0v) is 9.31. The third kappa shape index (κ3) is 4.58. The fourth-order valence-electron chi connectivity index (χ4n) is 0.855. The average molecular weight is 270 g/mol. The lowest BCUT2D eigenvalue weighted by molar-refractivity contribution is -0.122. The van der Waals surface area contributed by atoms with Crippen LogP contribution in [0.2, 0.25) is 0 Å². The summed E-state index contributed by atoms with van der Waals surface area (Å²) in [6, 6.07) is -0.0492. The molecule has 0 aliphatic rings. The van der Waals surface area contributed by atoms with Gasteiger partial charge in [-0.05, 0) is 13.5 Å². The summed E-state index contributed by atoms with van der Waals surface area (Å²) in [6.07, 6.45) is 0.872. The number of hydrogen-bond acceptors (Lipinski definition) is 2. The van der Waals surface area contributed by atoms with Crippen molar-refractivity contribution in [2.45, 2.75) is 23.3 Å². The number of nitrogens with one attached hydrogen (secondary N) is 2. The third-order valence-corrected chi connectivity index (χ3v) is 1.98. The predicted molar refractivity (Wildman–Crippen MR) is 55.0 cm³/mol. The van der Waals surface area contributed by atoms with Gasteiger partial charge in [-0.2, -0.15) is 0 Å². The standard InChI is InChI=1S/C7H15IN2O/c1-5(8)4-6(9-2)7(11)10-3/h5-6,9H,4H2,1-3H3,(H,10,11)/t5-,6+/m1/s1. The largest absolute Gasteiger partial charge is 0.358 e. The first kappa shape index (κ1) is 11.2. The molecule has 0 heterocycles. The maximum absolute atomic E-state index is 11.1. The van der Waals surface area contributed by atoms with E-state index >= 15 is 0 Å². The topological polar surface area (TPSA) is 41.1 Å². The van der Waals surface area contributed by atoms with Crippen LogP contribution in [0.3, 0.4) is 0 Å². The van der Waals surface area contributed by atoms with Crippen molar-refractivity contribution in [3.8, 4) is 0 Å². The molecule has 0 saturated carbocycles. The molecule has 2 atom stereocenters. The van der Waals surface area contributed by atoms with Crippen molar-refractivity contribution < 1.29 is 4.79 Å². The monoisotopic (exact) mass is 270 g/mol. The van der Waals surface area contributed by atoms with Gasteiger partial charge >= 0.3 is 0 Å². The van der Waals surface area contributed by atoms with Gasteiger partial charge in [-0.15, -0.1) is 0 Å². The van der Waals surface area contributed by atoms with Crippen molar-refractivity contribution in [3.05, 3.63) is 0 Å². The van der Waals surface area contributed by atoms with Gasteiger partial charge in [-0.1, -0.05) is 29.5 Å². The second-order valence-electron chi connectivity index (χ2n) is 2.47. The number of likely N-dealkylation sites (N-methyl/N-ethyl adjacent to an activating group) is 2. The Morgan fingerprint density at radius 3 is 2.36 bits per heavy atom. The van der Waals surface area contributed by atoms with Gasteiger partial charge in [0.15, 0.2) is 0 Å². The molecule has 0 radical (unpaired) electrons. The summed E-state index contributed by atoms with van der Waals surface area (Å²) in [5.74, 6) is 0.0658. The van der Waals surface area contributed by atoms with Crippen LogP contribution < -0.4 is 10.6 Å². The van der Waals surface area contributed by atoms with E-state index in [0.717, 1.165) is 6.42 Å². The van der Waals surface area contributed by atoms with E-state index in [-0.39, 0.29) is 11.9 Å². The SMILES string of the molecule is CNC(=O)[C@H](C[C@@H](C)I)NC. The van der Waals surface area contributed by atoms with Crippen LogP contribution >= 0.6 is 22.6 Å². The molecule has 0 aromatic rings. The number of carbonyl (C=O) groups is 1.